The molecule has 0 aliphatic rings. The zero-order chi connectivity index (χ0) is 11.5. The van der Waals surface area contributed by atoms with Crippen molar-refractivity contribution in [1.29, 1.82) is 0 Å². The summed E-state index contributed by atoms with van der Waals surface area (Å²) in [5, 5.41) is 8.29. The molecule has 0 bridgehead atoms. The maximum atomic E-state index is 12.2. The van der Waals surface area contributed by atoms with Crippen molar-refractivity contribution in [3.8, 4) is 0 Å². The quantitative estimate of drug-likeness (QED) is 0.772. The molecule has 0 unspecified atom stereocenters. The number of hydrogen-bond acceptors (Lipinski definition) is 1. The number of carboxylic acids is 1. The maximum absolute atomic E-state index is 12.2. The van der Waals surface area contributed by atoms with Gasteiger partial charge in [0.1, 0.15) is 0 Å². The Hall–Kier alpha value is -1.78. The Bertz CT molecular complexity index is 394. The molecule has 1 aromatic rings. The topological polar surface area (TPSA) is 37.3 Å². The minimum atomic E-state index is -4.41. The van der Waals surface area contributed by atoms with Gasteiger partial charge in [-0.2, -0.15) is 13.2 Å². The highest BCUT2D eigenvalue weighted by Gasteiger charge is 2.30. The molecule has 80 valence electrons. The zero-order valence-electron chi connectivity index (χ0n) is 7.45. The molecule has 0 heterocycles. The van der Waals surface area contributed by atoms with Crippen LogP contribution in [0.2, 0.25) is 0 Å². The minimum absolute atomic E-state index is 0.201. The molecule has 0 aliphatic carbocycles. The van der Waals surface area contributed by atoms with Crippen LogP contribution in [0.15, 0.2) is 30.3 Å². The lowest BCUT2D eigenvalue weighted by Gasteiger charge is -2.06. The molecular formula is C10H7F3O2. The molecule has 1 rings (SSSR count). The van der Waals surface area contributed by atoms with Crippen LogP contribution in [-0.2, 0) is 11.0 Å². The fraction of sp³-hybridized carbons (Fsp3) is 0.100. The molecule has 0 aromatic heterocycles. The Kier molecular flexibility index (Phi) is 3.14. The van der Waals surface area contributed by atoms with E-state index in [4.69, 9.17) is 5.11 Å². The second-order valence-electron chi connectivity index (χ2n) is 2.79. The van der Waals surface area contributed by atoms with Crippen molar-refractivity contribution < 1.29 is 23.1 Å². The van der Waals surface area contributed by atoms with Crippen LogP contribution < -0.4 is 0 Å². The number of hydrogen-bond donors (Lipinski definition) is 1. The van der Waals surface area contributed by atoms with Crippen LogP contribution in [0.1, 0.15) is 11.1 Å². The second-order valence-corrected chi connectivity index (χ2v) is 2.79. The summed E-state index contributed by atoms with van der Waals surface area (Å²) >= 11 is 0. The fourth-order valence-corrected chi connectivity index (χ4v) is 0.986. The van der Waals surface area contributed by atoms with Crippen LogP contribution in [0.4, 0.5) is 13.2 Å². The molecule has 0 spiro atoms. The summed E-state index contributed by atoms with van der Waals surface area (Å²) in [7, 11) is 0. The van der Waals surface area contributed by atoms with Crippen molar-refractivity contribution in [3.63, 3.8) is 0 Å². The summed E-state index contributed by atoms with van der Waals surface area (Å²) in [4.78, 5) is 10.1. The van der Waals surface area contributed by atoms with Gasteiger partial charge in [0.15, 0.2) is 0 Å². The van der Waals surface area contributed by atoms with E-state index >= 15 is 0 Å². The predicted octanol–water partition coefficient (Wildman–Crippen LogP) is 2.80. The largest absolute Gasteiger partial charge is 0.478 e. The van der Waals surface area contributed by atoms with Crippen molar-refractivity contribution in [1.82, 2.24) is 0 Å². The summed E-state index contributed by atoms with van der Waals surface area (Å²) in [6, 6.07) is 4.44. The molecular weight excluding hydrogens is 209 g/mol. The van der Waals surface area contributed by atoms with Gasteiger partial charge in [-0.3, -0.25) is 0 Å². The number of rotatable bonds is 2. The molecule has 0 atom stereocenters. The minimum Gasteiger partial charge on any atom is -0.478 e. The first-order chi connectivity index (χ1) is 6.89. The molecule has 0 aliphatic heterocycles. The second kappa shape index (κ2) is 4.16. The van der Waals surface area contributed by atoms with Crippen LogP contribution in [0.25, 0.3) is 6.08 Å². The third-order valence-corrected chi connectivity index (χ3v) is 1.63. The highest BCUT2D eigenvalue weighted by molar-refractivity contribution is 5.85. The summed E-state index contributed by atoms with van der Waals surface area (Å²) < 4.78 is 36.7. The molecule has 1 aromatic carbocycles. The van der Waals surface area contributed by atoms with Crippen molar-refractivity contribution in [2.45, 2.75) is 6.18 Å². The molecule has 0 amide bonds. The Balaban J connectivity index is 2.98. The lowest BCUT2D eigenvalue weighted by atomic mass is 10.1. The van der Waals surface area contributed by atoms with Crippen LogP contribution in [-0.4, -0.2) is 11.1 Å². The first-order valence-electron chi connectivity index (χ1n) is 3.98. The Labute approximate surface area is 83.7 Å². The number of benzene rings is 1. The fourth-order valence-electron chi connectivity index (χ4n) is 0.986. The van der Waals surface area contributed by atoms with E-state index in [1.807, 2.05) is 0 Å². The van der Waals surface area contributed by atoms with Crippen LogP contribution in [0, 0.1) is 0 Å². The molecule has 5 heteroatoms. The Morgan fingerprint density at radius 1 is 1.33 bits per heavy atom. The van der Waals surface area contributed by atoms with E-state index in [9.17, 15) is 18.0 Å². The number of alkyl halides is 3. The van der Waals surface area contributed by atoms with Crippen LogP contribution in [0.5, 0.6) is 0 Å². The molecule has 0 saturated heterocycles. The van der Waals surface area contributed by atoms with Gasteiger partial charge >= 0.3 is 12.1 Å². The van der Waals surface area contributed by atoms with Crippen molar-refractivity contribution in [2.75, 3.05) is 0 Å². The zero-order valence-corrected chi connectivity index (χ0v) is 7.45. The highest BCUT2D eigenvalue weighted by atomic mass is 19.4. The molecule has 0 saturated carbocycles. The lowest BCUT2D eigenvalue weighted by Crippen LogP contribution is -2.04. The third-order valence-electron chi connectivity index (χ3n) is 1.63. The summed E-state index contributed by atoms with van der Waals surface area (Å²) in [5.74, 6) is -1.20. The van der Waals surface area contributed by atoms with Gasteiger partial charge in [0, 0.05) is 6.08 Å². The molecule has 0 radical (unpaired) electrons. The summed E-state index contributed by atoms with van der Waals surface area (Å²) in [5.41, 5.74) is -0.595. The van der Waals surface area contributed by atoms with Gasteiger partial charge in [-0.15, -0.1) is 0 Å². The number of carbonyl (C=O) groups is 1. The van der Waals surface area contributed by atoms with Crippen molar-refractivity contribution >= 4 is 12.0 Å². The smallest absolute Gasteiger partial charge is 0.416 e. The van der Waals surface area contributed by atoms with Gasteiger partial charge in [0.2, 0.25) is 0 Å². The third kappa shape index (κ3) is 3.46. The van der Waals surface area contributed by atoms with E-state index in [-0.39, 0.29) is 5.56 Å². The van der Waals surface area contributed by atoms with Crippen molar-refractivity contribution in [2.24, 2.45) is 0 Å². The van der Waals surface area contributed by atoms with Crippen LogP contribution in [0.3, 0.4) is 0 Å². The molecule has 0 fully saturated rings. The van der Waals surface area contributed by atoms with Gasteiger partial charge < -0.3 is 5.11 Å². The monoisotopic (exact) mass is 216 g/mol. The van der Waals surface area contributed by atoms with Gasteiger partial charge in [0.25, 0.3) is 0 Å². The molecule has 1 N–H and O–H groups in total. The molecule has 2 nitrogen and oxygen atoms in total. The standard InChI is InChI=1S/C10H7F3O2/c11-10(12,13)8-3-1-2-7(6-8)4-5-9(14)15/h1-6H,(H,14,15)/b5-4+. The Morgan fingerprint density at radius 2 is 2.00 bits per heavy atom. The summed E-state index contributed by atoms with van der Waals surface area (Å²) in [6.07, 6.45) is -2.51. The van der Waals surface area contributed by atoms with E-state index in [0.29, 0.717) is 0 Å². The van der Waals surface area contributed by atoms with E-state index in [1.165, 1.54) is 12.1 Å². The first kappa shape index (κ1) is 11.3. The van der Waals surface area contributed by atoms with Gasteiger partial charge in [-0.25, -0.2) is 4.79 Å². The normalized spacial score (nSPS) is 11.9. The summed E-state index contributed by atoms with van der Waals surface area (Å²) in [6.45, 7) is 0. The van der Waals surface area contributed by atoms with E-state index in [1.54, 1.807) is 0 Å². The van der Waals surface area contributed by atoms with Gasteiger partial charge in [-0.05, 0) is 23.8 Å². The van der Waals surface area contributed by atoms with E-state index < -0.39 is 17.7 Å². The SMILES string of the molecule is O=C(O)/C=C/c1cccc(C(F)(F)F)c1. The average Bonchev–Trinajstić information content (AvgIpc) is 2.14. The van der Waals surface area contributed by atoms with E-state index in [2.05, 4.69) is 0 Å². The van der Waals surface area contributed by atoms with Crippen LogP contribution >= 0.6 is 0 Å². The number of aliphatic carboxylic acids is 1. The van der Waals surface area contributed by atoms with Gasteiger partial charge in [0.05, 0.1) is 5.56 Å². The lowest BCUT2D eigenvalue weighted by molar-refractivity contribution is -0.137. The van der Waals surface area contributed by atoms with Gasteiger partial charge in [-0.1, -0.05) is 12.1 Å². The number of halogens is 3. The average molecular weight is 216 g/mol. The maximum Gasteiger partial charge on any atom is 0.416 e. The Morgan fingerprint density at radius 3 is 2.53 bits per heavy atom. The highest BCUT2D eigenvalue weighted by Crippen LogP contribution is 2.29. The number of carboxylic acid groups (broad SMARTS) is 1. The van der Waals surface area contributed by atoms with E-state index in [0.717, 1.165) is 24.3 Å². The van der Waals surface area contributed by atoms with Crippen molar-refractivity contribution in [3.05, 3.63) is 41.5 Å². The predicted molar refractivity (Wildman–Crippen MR) is 48.1 cm³/mol. The first-order valence-corrected chi connectivity index (χ1v) is 3.98. The molecule has 15 heavy (non-hydrogen) atoms.